The van der Waals surface area contributed by atoms with E-state index in [9.17, 15) is 4.39 Å². The van der Waals surface area contributed by atoms with Crippen molar-refractivity contribution in [1.82, 2.24) is 5.32 Å². The van der Waals surface area contributed by atoms with Crippen molar-refractivity contribution in [3.63, 3.8) is 0 Å². The normalized spacial score (nSPS) is 10.5. The molecule has 0 saturated carbocycles. The largest absolute Gasteiger partial charge is 0.380 e. The number of benzene rings is 1. The van der Waals surface area contributed by atoms with Gasteiger partial charge in [0.25, 0.3) is 0 Å². The summed E-state index contributed by atoms with van der Waals surface area (Å²) in [6, 6.07) is 4.83. The van der Waals surface area contributed by atoms with Gasteiger partial charge in [0.05, 0.1) is 6.61 Å². The third-order valence-electron chi connectivity index (χ3n) is 2.11. The van der Waals surface area contributed by atoms with Crippen molar-refractivity contribution < 1.29 is 9.13 Å². The van der Waals surface area contributed by atoms with Crippen LogP contribution in [0.4, 0.5) is 4.39 Å². The van der Waals surface area contributed by atoms with E-state index in [1.54, 1.807) is 19.2 Å². The monoisotopic (exact) mass is 197 g/mol. The fourth-order valence-corrected chi connectivity index (χ4v) is 1.38. The topological polar surface area (TPSA) is 21.3 Å². The van der Waals surface area contributed by atoms with Crippen molar-refractivity contribution in [1.29, 1.82) is 0 Å². The van der Waals surface area contributed by atoms with Gasteiger partial charge in [0.2, 0.25) is 0 Å². The van der Waals surface area contributed by atoms with E-state index in [-0.39, 0.29) is 5.82 Å². The lowest BCUT2D eigenvalue weighted by molar-refractivity contribution is 0.184. The highest BCUT2D eigenvalue weighted by Gasteiger charge is 2.03. The van der Waals surface area contributed by atoms with Gasteiger partial charge >= 0.3 is 0 Å². The number of nitrogens with one attached hydrogen (secondary N) is 1. The molecule has 0 aliphatic rings. The van der Waals surface area contributed by atoms with E-state index in [2.05, 4.69) is 5.32 Å². The van der Waals surface area contributed by atoms with E-state index in [1.165, 1.54) is 6.07 Å². The van der Waals surface area contributed by atoms with Crippen molar-refractivity contribution in [3.05, 3.63) is 35.1 Å². The highest BCUT2D eigenvalue weighted by atomic mass is 19.1. The Morgan fingerprint density at radius 1 is 1.36 bits per heavy atom. The third kappa shape index (κ3) is 3.09. The molecule has 1 aromatic carbocycles. The van der Waals surface area contributed by atoms with E-state index in [0.29, 0.717) is 6.61 Å². The molecule has 14 heavy (non-hydrogen) atoms. The quantitative estimate of drug-likeness (QED) is 0.776. The highest BCUT2D eigenvalue weighted by Crippen LogP contribution is 2.12. The van der Waals surface area contributed by atoms with E-state index >= 15 is 0 Å². The van der Waals surface area contributed by atoms with Gasteiger partial charge in [0.15, 0.2) is 0 Å². The molecule has 0 aliphatic carbocycles. The van der Waals surface area contributed by atoms with Gasteiger partial charge in [-0.25, -0.2) is 4.39 Å². The second-order valence-electron chi connectivity index (χ2n) is 3.20. The van der Waals surface area contributed by atoms with Gasteiger partial charge in [-0.15, -0.1) is 0 Å². The molecule has 0 aromatic heterocycles. The lowest BCUT2D eigenvalue weighted by atomic mass is 10.0. The molecule has 1 rings (SSSR count). The number of halogens is 1. The third-order valence-corrected chi connectivity index (χ3v) is 2.11. The molecule has 2 nitrogen and oxygen atoms in total. The number of ether oxygens (including phenoxy) is 1. The Kier molecular flexibility index (Phi) is 4.56. The summed E-state index contributed by atoms with van der Waals surface area (Å²) in [7, 11) is 3.53. The maximum atomic E-state index is 13.0. The molecule has 0 spiro atoms. The maximum Gasteiger partial charge on any atom is 0.123 e. The van der Waals surface area contributed by atoms with E-state index in [4.69, 9.17) is 4.74 Å². The number of hydrogen-bond donors (Lipinski definition) is 1. The molecule has 0 unspecified atom stereocenters. The summed E-state index contributed by atoms with van der Waals surface area (Å²) in [6.07, 6.45) is 0.826. The Balaban J connectivity index is 2.79. The van der Waals surface area contributed by atoms with Crippen LogP contribution < -0.4 is 5.32 Å². The van der Waals surface area contributed by atoms with Crippen LogP contribution in [0.2, 0.25) is 0 Å². The average molecular weight is 197 g/mol. The predicted molar refractivity (Wildman–Crippen MR) is 54.7 cm³/mol. The van der Waals surface area contributed by atoms with Crippen molar-refractivity contribution in [3.8, 4) is 0 Å². The van der Waals surface area contributed by atoms with Crippen LogP contribution in [0.5, 0.6) is 0 Å². The molecule has 0 amide bonds. The van der Waals surface area contributed by atoms with Gasteiger partial charge in [0, 0.05) is 7.11 Å². The standard InChI is InChI=1S/C11H16FNO/c1-13-6-5-9-7-11(12)4-3-10(9)8-14-2/h3-4,7,13H,5-6,8H2,1-2H3. The zero-order valence-electron chi connectivity index (χ0n) is 8.64. The zero-order chi connectivity index (χ0) is 10.4. The number of likely N-dealkylation sites (N-methyl/N-ethyl adjacent to an activating group) is 1. The Morgan fingerprint density at radius 2 is 2.14 bits per heavy atom. The molecule has 0 heterocycles. The second-order valence-corrected chi connectivity index (χ2v) is 3.20. The lowest BCUT2D eigenvalue weighted by Gasteiger charge is -2.08. The fraction of sp³-hybridized carbons (Fsp3) is 0.455. The van der Waals surface area contributed by atoms with Gasteiger partial charge in [0.1, 0.15) is 5.82 Å². The van der Waals surface area contributed by atoms with E-state index in [1.807, 2.05) is 7.05 Å². The van der Waals surface area contributed by atoms with E-state index in [0.717, 1.165) is 24.1 Å². The van der Waals surface area contributed by atoms with E-state index < -0.39 is 0 Å². The Hall–Kier alpha value is -0.930. The van der Waals surface area contributed by atoms with Gasteiger partial charge in [-0.3, -0.25) is 0 Å². The molecule has 0 atom stereocenters. The molecule has 0 bridgehead atoms. The minimum absolute atomic E-state index is 0.184. The summed E-state index contributed by atoms with van der Waals surface area (Å²) in [5.41, 5.74) is 2.07. The van der Waals surface area contributed by atoms with Crippen molar-refractivity contribution >= 4 is 0 Å². The Labute approximate surface area is 84.1 Å². The zero-order valence-corrected chi connectivity index (χ0v) is 8.64. The number of methoxy groups -OCH3 is 1. The molecule has 0 radical (unpaired) electrons. The number of rotatable bonds is 5. The highest BCUT2D eigenvalue weighted by molar-refractivity contribution is 5.27. The summed E-state index contributed by atoms with van der Waals surface area (Å²) in [6.45, 7) is 1.39. The first kappa shape index (κ1) is 11.1. The first-order valence-corrected chi connectivity index (χ1v) is 4.68. The predicted octanol–water partition coefficient (Wildman–Crippen LogP) is 1.73. The van der Waals surface area contributed by atoms with Crippen LogP contribution in [0.1, 0.15) is 11.1 Å². The van der Waals surface area contributed by atoms with Gasteiger partial charge in [-0.1, -0.05) is 6.07 Å². The minimum atomic E-state index is -0.184. The maximum absolute atomic E-state index is 13.0. The first-order valence-electron chi connectivity index (χ1n) is 4.68. The molecule has 0 fully saturated rings. The smallest absolute Gasteiger partial charge is 0.123 e. The van der Waals surface area contributed by atoms with Gasteiger partial charge < -0.3 is 10.1 Å². The average Bonchev–Trinajstić information content (AvgIpc) is 2.18. The molecule has 3 heteroatoms. The Morgan fingerprint density at radius 3 is 2.79 bits per heavy atom. The minimum Gasteiger partial charge on any atom is -0.380 e. The molecule has 1 aromatic rings. The summed E-state index contributed by atoms with van der Waals surface area (Å²) in [5.74, 6) is -0.184. The molecule has 78 valence electrons. The van der Waals surface area contributed by atoms with Crippen LogP contribution in [0, 0.1) is 5.82 Å². The van der Waals surface area contributed by atoms with Crippen LogP contribution >= 0.6 is 0 Å². The van der Waals surface area contributed by atoms with Crippen molar-refractivity contribution in [2.75, 3.05) is 20.7 Å². The van der Waals surface area contributed by atoms with Crippen LogP contribution in [-0.2, 0) is 17.8 Å². The Bertz CT molecular complexity index is 289. The summed E-state index contributed by atoms with van der Waals surface area (Å²) in [5, 5.41) is 3.04. The van der Waals surface area contributed by atoms with Gasteiger partial charge in [-0.2, -0.15) is 0 Å². The lowest BCUT2D eigenvalue weighted by Crippen LogP contribution is -2.12. The van der Waals surface area contributed by atoms with Crippen LogP contribution in [0.25, 0.3) is 0 Å². The second kappa shape index (κ2) is 5.73. The fourth-order valence-electron chi connectivity index (χ4n) is 1.38. The SMILES string of the molecule is CNCCc1cc(F)ccc1COC. The number of hydrogen-bond acceptors (Lipinski definition) is 2. The van der Waals surface area contributed by atoms with Gasteiger partial charge in [-0.05, 0) is 43.3 Å². The molecule has 0 aliphatic heterocycles. The van der Waals surface area contributed by atoms with Crippen LogP contribution in [-0.4, -0.2) is 20.7 Å². The summed E-state index contributed by atoms with van der Waals surface area (Å²) < 4.78 is 18.0. The van der Waals surface area contributed by atoms with Crippen LogP contribution in [0.3, 0.4) is 0 Å². The summed E-state index contributed by atoms with van der Waals surface area (Å²) in [4.78, 5) is 0. The van der Waals surface area contributed by atoms with Crippen molar-refractivity contribution in [2.24, 2.45) is 0 Å². The molecular formula is C11H16FNO. The first-order chi connectivity index (χ1) is 6.77. The summed E-state index contributed by atoms with van der Waals surface area (Å²) >= 11 is 0. The van der Waals surface area contributed by atoms with Crippen molar-refractivity contribution in [2.45, 2.75) is 13.0 Å². The van der Waals surface area contributed by atoms with Crippen LogP contribution in [0.15, 0.2) is 18.2 Å². The molecule has 1 N–H and O–H groups in total. The molecule has 0 saturated heterocycles. The molecular weight excluding hydrogens is 181 g/mol.